The zero-order chi connectivity index (χ0) is 15.8. The van der Waals surface area contributed by atoms with Gasteiger partial charge in [-0.3, -0.25) is 10.1 Å². The third-order valence-corrected chi connectivity index (χ3v) is 3.43. The normalized spacial score (nSPS) is 11.7. The summed E-state index contributed by atoms with van der Waals surface area (Å²) < 4.78 is 16.0. The number of hydrogen-bond acceptors (Lipinski definition) is 4. The van der Waals surface area contributed by atoms with Crippen molar-refractivity contribution in [3.05, 3.63) is 40.0 Å². The van der Waals surface area contributed by atoms with E-state index in [2.05, 4.69) is 26.1 Å². The molecule has 0 atom stereocenters. The fraction of sp³-hybridized carbons (Fsp3) is 0.385. The first-order chi connectivity index (χ1) is 9.75. The Balaban J connectivity index is 2.63. The van der Waals surface area contributed by atoms with E-state index in [1.807, 2.05) is 25.3 Å². The van der Waals surface area contributed by atoms with Crippen molar-refractivity contribution in [2.45, 2.75) is 31.6 Å². The van der Waals surface area contributed by atoms with Crippen LogP contribution >= 0.6 is 15.9 Å². The van der Waals surface area contributed by atoms with Crippen LogP contribution in [0.4, 0.5) is 10.1 Å². The fourth-order valence-electron chi connectivity index (χ4n) is 2.08. The van der Waals surface area contributed by atoms with Crippen molar-refractivity contribution >= 4 is 21.6 Å². The van der Waals surface area contributed by atoms with E-state index in [9.17, 15) is 14.5 Å². The summed E-state index contributed by atoms with van der Waals surface area (Å²) in [5.41, 5.74) is -0.454. The molecule has 0 unspecified atom stereocenters. The third-order valence-electron chi connectivity index (χ3n) is 2.92. The van der Waals surface area contributed by atoms with Gasteiger partial charge in [0, 0.05) is 11.6 Å². The molecule has 0 spiro atoms. The molecule has 0 aliphatic carbocycles. The summed E-state index contributed by atoms with van der Waals surface area (Å²) in [6.07, 6.45) is 0. The molecule has 0 saturated carbocycles. The first-order valence-electron chi connectivity index (χ1n) is 6.20. The van der Waals surface area contributed by atoms with Gasteiger partial charge in [-0.05, 0) is 26.8 Å². The predicted octanol–water partition coefficient (Wildman–Crippen LogP) is 3.64. The maximum atomic E-state index is 14.2. The molecule has 0 saturated heterocycles. The van der Waals surface area contributed by atoms with Crippen molar-refractivity contribution in [2.75, 3.05) is 0 Å². The monoisotopic (exact) mass is 356 g/mol. The van der Waals surface area contributed by atoms with Crippen LogP contribution in [0.3, 0.4) is 0 Å². The molecule has 0 amide bonds. The number of rotatable bonds is 3. The van der Waals surface area contributed by atoms with E-state index < -0.39 is 10.7 Å². The first kappa shape index (κ1) is 15.6. The molecular formula is C13H14BrFN4O2. The van der Waals surface area contributed by atoms with E-state index in [1.54, 1.807) is 0 Å². The number of non-ortho nitro benzene ring substituents is 1. The highest BCUT2D eigenvalue weighted by Crippen LogP contribution is 2.30. The Morgan fingerprint density at radius 3 is 2.52 bits per heavy atom. The van der Waals surface area contributed by atoms with Crippen LogP contribution in [-0.4, -0.2) is 19.7 Å². The van der Waals surface area contributed by atoms with Crippen LogP contribution < -0.4 is 0 Å². The molecule has 8 heteroatoms. The number of aromatic nitrogens is 3. The molecule has 0 N–H and O–H groups in total. The predicted molar refractivity (Wildman–Crippen MR) is 79.7 cm³/mol. The van der Waals surface area contributed by atoms with Gasteiger partial charge in [0.15, 0.2) is 5.82 Å². The van der Waals surface area contributed by atoms with Crippen molar-refractivity contribution in [3.63, 3.8) is 0 Å². The highest BCUT2D eigenvalue weighted by molar-refractivity contribution is 9.08. The van der Waals surface area contributed by atoms with Crippen molar-refractivity contribution in [2.24, 2.45) is 0 Å². The lowest BCUT2D eigenvalue weighted by Gasteiger charge is -2.24. The number of alkyl halides is 1. The maximum Gasteiger partial charge on any atom is 0.272 e. The van der Waals surface area contributed by atoms with Gasteiger partial charge < -0.3 is 4.57 Å². The molecule has 112 valence electrons. The summed E-state index contributed by atoms with van der Waals surface area (Å²) in [5.74, 6) is 0.322. The largest absolute Gasteiger partial charge is 0.305 e. The summed E-state index contributed by atoms with van der Waals surface area (Å²) in [4.78, 5) is 10.0. The van der Waals surface area contributed by atoms with E-state index >= 15 is 0 Å². The molecule has 1 aromatic carbocycles. The maximum absolute atomic E-state index is 14.2. The Morgan fingerprint density at radius 2 is 2.05 bits per heavy atom. The van der Waals surface area contributed by atoms with E-state index in [1.165, 1.54) is 12.1 Å². The quantitative estimate of drug-likeness (QED) is 0.478. The van der Waals surface area contributed by atoms with E-state index in [4.69, 9.17) is 0 Å². The molecule has 0 aliphatic heterocycles. The molecule has 2 aromatic rings. The van der Waals surface area contributed by atoms with Gasteiger partial charge in [-0.15, -0.1) is 10.2 Å². The highest BCUT2D eigenvalue weighted by atomic mass is 79.9. The van der Waals surface area contributed by atoms with Gasteiger partial charge in [-0.25, -0.2) is 4.39 Å². The van der Waals surface area contributed by atoms with Crippen molar-refractivity contribution < 1.29 is 9.31 Å². The Kier molecular flexibility index (Phi) is 4.08. The highest BCUT2D eigenvalue weighted by Gasteiger charge is 2.25. The second kappa shape index (κ2) is 5.51. The van der Waals surface area contributed by atoms with Crippen LogP contribution in [-0.2, 0) is 10.9 Å². The number of benzene rings is 1. The molecule has 0 bridgehead atoms. The summed E-state index contributed by atoms with van der Waals surface area (Å²) in [7, 11) is 0. The van der Waals surface area contributed by atoms with Gasteiger partial charge in [0.1, 0.15) is 11.6 Å². The Bertz CT molecular complexity index is 694. The lowest BCUT2D eigenvalue weighted by molar-refractivity contribution is -0.385. The number of nitro benzene ring substituents is 1. The Hall–Kier alpha value is -1.83. The minimum Gasteiger partial charge on any atom is -0.305 e. The second-order valence-electron chi connectivity index (χ2n) is 5.50. The molecule has 0 aliphatic rings. The van der Waals surface area contributed by atoms with Crippen molar-refractivity contribution in [1.29, 1.82) is 0 Å². The fourth-order valence-corrected chi connectivity index (χ4v) is 2.44. The zero-order valence-corrected chi connectivity index (χ0v) is 13.4. The topological polar surface area (TPSA) is 73.8 Å². The first-order valence-corrected chi connectivity index (χ1v) is 7.33. The average Bonchev–Trinajstić information content (AvgIpc) is 2.82. The van der Waals surface area contributed by atoms with Gasteiger partial charge in [-0.1, -0.05) is 15.9 Å². The number of nitro groups is 1. The van der Waals surface area contributed by atoms with Crippen LogP contribution in [0.1, 0.15) is 26.6 Å². The van der Waals surface area contributed by atoms with Gasteiger partial charge in [-0.2, -0.15) is 0 Å². The summed E-state index contributed by atoms with van der Waals surface area (Å²) in [6.45, 7) is 5.86. The third kappa shape index (κ3) is 2.94. The number of nitrogens with zero attached hydrogens (tertiary/aromatic N) is 4. The Morgan fingerprint density at radius 1 is 1.38 bits per heavy atom. The smallest absolute Gasteiger partial charge is 0.272 e. The molecule has 6 nitrogen and oxygen atoms in total. The molecule has 0 fully saturated rings. The molecule has 1 aromatic heterocycles. The van der Waals surface area contributed by atoms with Gasteiger partial charge >= 0.3 is 0 Å². The lowest BCUT2D eigenvalue weighted by Crippen LogP contribution is -2.25. The minimum absolute atomic E-state index is 0.190. The van der Waals surface area contributed by atoms with Crippen molar-refractivity contribution in [3.8, 4) is 11.4 Å². The second-order valence-corrected chi connectivity index (χ2v) is 6.06. The standard InChI is InChI=1S/C13H14BrFN4O2/c1-13(2,3)18-11(7-14)16-17-12(18)9-5-4-8(19(20)21)6-10(9)15/h4-6H,7H2,1-3H3. The Labute approximate surface area is 129 Å². The molecule has 0 radical (unpaired) electrons. The SMILES string of the molecule is CC(C)(C)n1c(CBr)nnc1-c1ccc([N+](=O)[O-])cc1F. The van der Waals surface area contributed by atoms with Crippen LogP contribution in [0.15, 0.2) is 18.2 Å². The van der Waals surface area contributed by atoms with Crippen LogP contribution in [0.5, 0.6) is 0 Å². The number of halogens is 2. The van der Waals surface area contributed by atoms with E-state index in [-0.39, 0.29) is 16.8 Å². The minimum atomic E-state index is -0.691. The molecular weight excluding hydrogens is 343 g/mol. The zero-order valence-electron chi connectivity index (χ0n) is 11.8. The van der Waals surface area contributed by atoms with Gasteiger partial charge in [0.2, 0.25) is 0 Å². The van der Waals surface area contributed by atoms with E-state index in [0.29, 0.717) is 17.0 Å². The van der Waals surface area contributed by atoms with Crippen LogP contribution in [0, 0.1) is 15.9 Å². The van der Waals surface area contributed by atoms with Gasteiger partial charge in [0.25, 0.3) is 5.69 Å². The average molecular weight is 357 g/mol. The number of hydrogen-bond donors (Lipinski definition) is 0. The molecule has 1 heterocycles. The molecule has 21 heavy (non-hydrogen) atoms. The van der Waals surface area contributed by atoms with E-state index in [0.717, 1.165) is 6.07 Å². The summed E-state index contributed by atoms with van der Waals surface area (Å²) in [5, 5.41) is 19.2. The van der Waals surface area contributed by atoms with Crippen molar-refractivity contribution in [1.82, 2.24) is 14.8 Å². The van der Waals surface area contributed by atoms with Gasteiger partial charge in [0.05, 0.1) is 21.9 Å². The van der Waals surface area contributed by atoms with Crippen LogP contribution in [0.2, 0.25) is 0 Å². The molecule has 2 rings (SSSR count). The lowest BCUT2D eigenvalue weighted by atomic mass is 10.1. The van der Waals surface area contributed by atoms with Crippen LogP contribution in [0.25, 0.3) is 11.4 Å². The summed E-state index contributed by atoms with van der Waals surface area (Å²) >= 11 is 3.33. The summed E-state index contributed by atoms with van der Waals surface area (Å²) in [6, 6.07) is 3.51.